The zero-order valence-electron chi connectivity index (χ0n) is 22.6. The molecule has 204 valence electrons. The van der Waals surface area contributed by atoms with Crippen LogP contribution in [0.25, 0.3) is 10.4 Å². The minimum atomic E-state index is -0.385. The molecule has 0 spiro atoms. The summed E-state index contributed by atoms with van der Waals surface area (Å²) in [6.45, 7) is 5.83. The summed E-state index contributed by atoms with van der Waals surface area (Å²) in [5.74, 6) is 3.49. The van der Waals surface area contributed by atoms with Gasteiger partial charge in [0.25, 0.3) is 0 Å². The molecule has 1 fully saturated rings. The fourth-order valence-electron chi connectivity index (χ4n) is 4.50. The highest BCUT2D eigenvalue weighted by Crippen LogP contribution is 2.32. The zero-order valence-corrected chi connectivity index (χ0v) is 23.4. The van der Waals surface area contributed by atoms with Gasteiger partial charge in [0.15, 0.2) is 10.9 Å². The fourth-order valence-corrected chi connectivity index (χ4v) is 5.33. The number of carbonyl (C=O) groups excluding carboxylic acids is 1. The summed E-state index contributed by atoms with van der Waals surface area (Å²) in [6.07, 6.45) is 4.78. The minimum Gasteiger partial charge on any atom is -0.359 e. The van der Waals surface area contributed by atoms with Crippen molar-refractivity contribution >= 4 is 45.6 Å². The van der Waals surface area contributed by atoms with Crippen molar-refractivity contribution in [1.29, 1.82) is 0 Å². The number of benzene rings is 1. The van der Waals surface area contributed by atoms with E-state index in [9.17, 15) is 4.79 Å². The monoisotopic (exact) mass is 547 g/mol. The lowest BCUT2D eigenvalue weighted by Crippen LogP contribution is -2.42. The predicted molar refractivity (Wildman–Crippen MR) is 155 cm³/mol. The maximum absolute atomic E-state index is 12.3. The average molecular weight is 548 g/mol. The summed E-state index contributed by atoms with van der Waals surface area (Å²) in [6, 6.07) is 11.5. The molecule has 39 heavy (non-hydrogen) atoms. The number of piperidine rings is 1. The maximum Gasteiger partial charge on any atom is 0.324 e. The minimum absolute atomic E-state index is 0.380. The summed E-state index contributed by atoms with van der Waals surface area (Å²) in [5.41, 5.74) is 1.66. The summed E-state index contributed by atoms with van der Waals surface area (Å²) in [5, 5.41) is 13.4. The van der Waals surface area contributed by atoms with Crippen molar-refractivity contribution in [3.8, 4) is 10.4 Å². The molecule has 2 amide bonds. The smallest absolute Gasteiger partial charge is 0.324 e. The summed E-state index contributed by atoms with van der Waals surface area (Å²) >= 11 is 1.54. The van der Waals surface area contributed by atoms with Crippen molar-refractivity contribution in [3.63, 3.8) is 0 Å². The second-order valence-electron chi connectivity index (χ2n) is 9.68. The molecule has 3 N–H and O–H groups in total. The number of carbonyl (C=O) groups is 1. The third-order valence-corrected chi connectivity index (χ3v) is 7.62. The highest BCUT2D eigenvalue weighted by atomic mass is 32.1. The van der Waals surface area contributed by atoms with E-state index in [1.54, 1.807) is 6.07 Å². The number of nitrogens with zero attached hydrogens (tertiary/aromatic N) is 6. The lowest BCUT2D eigenvalue weighted by molar-refractivity contribution is 0.249. The van der Waals surface area contributed by atoms with Gasteiger partial charge < -0.3 is 25.0 Å². The molecule has 0 unspecified atom stereocenters. The van der Waals surface area contributed by atoms with E-state index in [0.717, 1.165) is 59.0 Å². The molecule has 0 aliphatic carbocycles. The number of rotatable bonds is 8. The third kappa shape index (κ3) is 6.70. The Bertz CT molecular complexity index is 1410. The summed E-state index contributed by atoms with van der Waals surface area (Å²) in [4.78, 5) is 31.7. The van der Waals surface area contributed by atoms with Gasteiger partial charge in [0.1, 0.15) is 23.2 Å². The summed E-state index contributed by atoms with van der Waals surface area (Å²) < 4.78 is 5.11. The largest absolute Gasteiger partial charge is 0.359 e. The highest BCUT2D eigenvalue weighted by molar-refractivity contribution is 7.18. The highest BCUT2D eigenvalue weighted by Gasteiger charge is 2.22. The molecule has 1 aliphatic rings. The lowest BCUT2D eigenvalue weighted by atomic mass is 10.0. The van der Waals surface area contributed by atoms with Crippen molar-refractivity contribution in [2.24, 2.45) is 0 Å². The quantitative estimate of drug-likeness (QED) is 0.267. The van der Waals surface area contributed by atoms with Crippen molar-refractivity contribution in [2.75, 3.05) is 48.0 Å². The Morgan fingerprint density at radius 2 is 1.87 bits per heavy atom. The van der Waals surface area contributed by atoms with E-state index in [-0.39, 0.29) is 6.03 Å². The fraction of sp³-hybridized carbons (Fsp3) is 0.370. The molecular formula is C27H33N9O2S. The Morgan fingerprint density at radius 1 is 1.10 bits per heavy atom. The van der Waals surface area contributed by atoms with Crippen LogP contribution in [0.5, 0.6) is 0 Å². The molecule has 3 aromatic heterocycles. The van der Waals surface area contributed by atoms with E-state index in [2.05, 4.69) is 60.0 Å². The molecule has 1 aromatic carbocycles. The Kier molecular flexibility index (Phi) is 8.03. The van der Waals surface area contributed by atoms with Crippen LogP contribution in [0.2, 0.25) is 0 Å². The molecule has 5 rings (SSSR count). The van der Waals surface area contributed by atoms with Gasteiger partial charge in [-0.2, -0.15) is 0 Å². The lowest BCUT2D eigenvalue weighted by Gasteiger charge is -2.35. The SMILES string of the molecule is CCc1cc(NC(=O)Nc2ccc(-c3cnc(Nc4cc(N5CCC(N(C)C)CC5)nc(C)n4)s3)cc2)no1. The van der Waals surface area contributed by atoms with Crippen LogP contribution in [0.15, 0.2) is 47.1 Å². The Morgan fingerprint density at radius 3 is 2.56 bits per heavy atom. The Balaban J connectivity index is 1.19. The molecule has 11 nitrogen and oxygen atoms in total. The predicted octanol–water partition coefficient (Wildman–Crippen LogP) is 5.38. The van der Waals surface area contributed by atoms with E-state index in [4.69, 9.17) is 4.52 Å². The first-order valence-electron chi connectivity index (χ1n) is 13.0. The zero-order chi connectivity index (χ0) is 27.4. The Labute approximate surface area is 231 Å². The number of urea groups is 1. The normalized spacial score (nSPS) is 14.0. The van der Waals surface area contributed by atoms with Gasteiger partial charge >= 0.3 is 6.03 Å². The number of nitrogens with one attached hydrogen (secondary N) is 3. The van der Waals surface area contributed by atoms with Gasteiger partial charge in [-0.05, 0) is 51.6 Å². The van der Waals surface area contributed by atoms with Crippen LogP contribution in [0.4, 0.5) is 33.1 Å². The van der Waals surface area contributed by atoms with E-state index < -0.39 is 0 Å². The first-order valence-corrected chi connectivity index (χ1v) is 13.8. The van der Waals surface area contributed by atoms with Crippen molar-refractivity contribution < 1.29 is 9.32 Å². The molecule has 0 atom stereocenters. The van der Waals surface area contributed by atoms with Gasteiger partial charge in [0.05, 0.1) is 4.88 Å². The van der Waals surface area contributed by atoms with E-state index in [1.165, 1.54) is 11.3 Å². The van der Waals surface area contributed by atoms with Gasteiger partial charge in [-0.1, -0.05) is 35.5 Å². The number of thiazole rings is 1. The molecule has 0 bridgehead atoms. The summed E-state index contributed by atoms with van der Waals surface area (Å²) in [7, 11) is 4.29. The Hall–Kier alpha value is -4.03. The number of anilines is 5. The maximum atomic E-state index is 12.3. The van der Waals surface area contributed by atoms with Gasteiger partial charge in [0.2, 0.25) is 0 Å². The number of aromatic nitrogens is 4. The van der Waals surface area contributed by atoms with Crippen molar-refractivity contribution in [2.45, 2.75) is 39.2 Å². The number of hydrogen-bond acceptors (Lipinski definition) is 10. The number of amides is 2. The molecule has 4 heterocycles. The molecule has 12 heteroatoms. The third-order valence-electron chi connectivity index (χ3n) is 6.66. The van der Waals surface area contributed by atoms with Gasteiger partial charge in [-0.15, -0.1) is 0 Å². The second-order valence-corrected chi connectivity index (χ2v) is 10.7. The second kappa shape index (κ2) is 11.8. The van der Waals surface area contributed by atoms with Gasteiger partial charge in [-0.3, -0.25) is 5.32 Å². The first-order chi connectivity index (χ1) is 18.9. The van der Waals surface area contributed by atoms with Crippen LogP contribution in [0.1, 0.15) is 31.4 Å². The standard InChI is InChI=1S/C27H33N9O2S/c1-5-21-14-24(34-38-21)32-26(37)31-19-8-6-18(7-9-19)22-16-28-27(39-22)33-23-15-25(30-17(2)29-23)36-12-10-20(11-13-36)35(3)4/h6-9,14-16,20H,5,10-13H2,1-4H3,(H,28,29,30,33)(H2,31,32,34,37). The number of aryl methyl sites for hydroxylation is 2. The van der Waals surface area contributed by atoms with E-state index in [0.29, 0.717) is 29.7 Å². The molecule has 1 saturated heterocycles. The van der Waals surface area contributed by atoms with Crippen LogP contribution < -0.4 is 20.9 Å². The van der Waals surface area contributed by atoms with Crippen molar-refractivity contribution in [1.82, 2.24) is 25.0 Å². The molecule has 4 aromatic rings. The number of hydrogen-bond donors (Lipinski definition) is 3. The van der Waals surface area contributed by atoms with E-state index >= 15 is 0 Å². The van der Waals surface area contributed by atoms with Crippen molar-refractivity contribution in [3.05, 3.63) is 54.2 Å². The topological polar surface area (TPSA) is 124 Å². The van der Waals surface area contributed by atoms with Crippen LogP contribution in [0, 0.1) is 6.92 Å². The average Bonchev–Trinajstić information content (AvgIpc) is 3.58. The molecule has 1 aliphatic heterocycles. The molecule has 0 radical (unpaired) electrons. The first kappa shape index (κ1) is 26.6. The van der Waals surface area contributed by atoms with Crippen LogP contribution in [-0.4, -0.2) is 64.3 Å². The van der Waals surface area contributed by atoms with Gasteiger partial charge in [-0.25, -0.2) is 19.7 Å². The van der Waals surface area contributed by atoms with Crippen LogP contribution in [-0.2, 0) is 6.42 Å². The van der Waals surface area contributed by atoms with Crippen LogP contribution in [0.3, 0.4) is 0 Å². The molecular weight excluding hydrogens is 514 g/mol. The van der Waals surface area contributed by atoms with E-state index in [1.807, 2.05) is 50.4 Å². The molecule has 0 saturated carbocycles. The van der Waals surface area contributed by atoms with Crippen LogP contribution >= 0.6 is 11.3 Å². The van der Waals surface area contributed by atoms with Gasteiger partial charge in [0, 0.05) is 49.6 Å².